The van der Waals surface area contributed by atoms with Crippen LogP contribution in [0.25, 0.3) is 10.8 Å². The minimum Gasteiger partial charge on any atom is -0.426 e. The molecule has 0 bridgehead atoms. The number of carbonyl (C=O) groups is 2. The van der Waals surface area contributed by atoms with Gasteiger partial charge in [-0.3, -0.25) is 14.3 Å². The summed E-state index contributed by atoms with van der Waals surface area (Å²) in [6.07, 6.45) is 1.62. The Hall–Kier alpha value is -2.60. The molecule has 0 atom stereocenters. The van der Waals surface area contributed by atoms with Gasteiger partial charge < -0.3 is 4.74 Å². The zero-order valence-electron chi connectivity index (χ0n) is 15.7. The van der Waals surface area contributed by atoms with E-state index in [-0.39, 0.29) is 11.1 Å². The van der Waals surface area contributed by atoms with Crippen LogP contribution in [0.1, 0.15) is 30.8 Å². The SMILES string of the molecule is CC(=O)Oc1cc(CCc2cc(CSC(C)=O)nn2C)cc2ccccc12. The lowest BCUT2D eigenvalue weighted by molar-refractivity contribution is -0.131. The fourth-order valence-corrected chi connectivity index (χ4v) is 3.53. The zero-order valence-corrected chi connectivity index (χ0v) is 16.5. The van der Waals surface area contributed by atoms with Crippen molar-refractivity contribution >= 4 is 33.6 Å². The van der Waals surface area contributed by atoms with Gasteiger partial charge in [0.05, 0.1) is 5.69 Å². The van der Waals surface area contributed by atoms with Gasteiger partial charge in [-0.05, 0) is 35.9 Å². The molecule has 0 fully saturated rings. The molecule has 0 saturated heterocycles. The van der Waals surface area contributed by atoms with E-state index in [1.807, 2.05) is 48.1 Å². The van der Waals surface area contributed by atoms with Crippen molar-refractivity contribution in [2.24, 2.45) is 7.05 Å². The van der Waals surface area contributed by atoms with Crippen LogP contribution in [0, 0.1) is 0 Å². The van der Waals surface area contributed by atoms with E-state index in [0.29, 0.717) is 11.5 Å². The van der Waals surface area contributed by atoms with Crippen LogP contribution in [-0.2, 0) is 35.2 Å². The average molecular weight is 382 g/mol. The molecule has 0 aliphatic rings. The third-order valence-electron chi connectivity index (χ3n) is 4.26. The molecule has 0 amide bonds. The molecule has 2 aromatic carbocycles. The number of rotatable bonds is 6. The number of nitrogens with zero attached hydrogens (tertiary/aromatic N) is 2. The fourth-order valence-electron chi connectivity index (χ4n) is 3.04. The van der Waals surface area contributed by atoms with Crippen LogP contribution in [0.5, 0.6) is 5.75 Å². The van der Waals surface area contributed by atoms with Crippen LogP contribution in [0.3, 0.4) is 0 Å². The van der Waals surface area contributed by atoms with E-state index in [1.165, 1.54) is 18.7 Å². The van der Waals surface area contributed by atoms with Crippen LogP contribution >= 0.6 is 11.8 Å². The van der Waals surface area contributed by atoms with E-state index in [9.17, 15) is 9.59 Å². The number of esters is 1. The molecule has 0 radical (unpaired) electrons. The minimum atomic E-state index is -0.323. The second-order valence-corrected chi connectivity index (χ2v) is 7.59. The fraction of sp³-hybridized carbons (Fsp3) is 0.286. The predicted molar refractivity (Wildman–Crippen MR) is 108 cm³/mol. The highest BCUT2D eigenvalue weighted by atomic mass is 32.2. The van der Waals surface area contributed by atoms with Crippen LogP contribution in [0.2, 0.25) is 0 Å². The smallest absolute Gasteiger partial charge is 0.308 e. The highest BCUT2D eigenvalue weighted by Crippen LogP contribution is 2.28. The number of hydrogen-bond acceptors (Lipinski definition) is 5. The number of thioether (sulfide) groups is 1. The summed E-state index contributed by atoms with van der Waals surface area (Å²) in [5.41, 5.74) is 3.12. The Morgan fingerprint density at radius 2 is 1.89 bits per heavy atom. The van der Waals surface area contributed by atoms with E-state index in [0.717, 1.165) is 40.6 Å². The van der Waals surface area contributed by atoms with Gasteiger partial charge >= 0.3 is 5.97 Å². The van der Waals surface area contributed by atoms with Crippen molar-refractivity contribution in [3.8, 4) is 5.75 Å². The first-order valence-electron chi connectivity index (χ1n) is 8.77. The Balaban J connectivity index is 1.79. The summed E-state index contributed by atoms with van der Waals surface area (Å²) < 4.78 is 7.28. The molecular weight excluding hydrogens is 360 g/mol. The predicted octanol–water partition coefficient (Wildman–Crippen LogP) is 4.06. The molecule has 0 spiro atoms. The van der Waals surface area contributed by atoms with Gasteiger partial charge in [0, 0.05) is 37.7 Å². The maximum Gasteiger partial charge on any atom is 0.308 e. The van der Waals surface area contributed by atoms with Gasteiger partial charge in [0.1, 0.15) is 5.75 Å². The summed E-state index contributed by atoms with van der Waals surface area (Å²) >= 11 is 1.27. The molecule has 6 heteroatoms. The van der Waals surface area contributed by atoms with Crippen molar-refractivity contribution in [2.75, 3.05) is 0 Å². The van der Waals surface area contributed by atoms with Crippen molar-refractivity contribution in [2.45, 2.75) is 32.4 Å². The average Bonchev–Trinajstić information content (AvgIpc) is 2.97. The number of hydrogen-bond donors (Lipinski definition) is 0. The summed E-state index contributed by atoms with van der Waals surface area (Å²) in [5.74, 6) is 0.867. The summed E-state index contributed by atoms with van der Waals surface area (Å²) in [7, 11) is 1.92. The Bertz CT molecular complexity index is 994. The molecule has 3 rings (SSSR count). The van der Waals surface area contributed by atoms with Crippen molar-refractivity contribution in [1.29, 1.82) is 0 Å². The molecule has 0 aliphatic carbocycles. The number of fused-ring (bicyclic) bond motifs is 1. The summed E-state index contributed by atoms with van der Waals surface area (Å²) in [6, 6.07) is 14.0. The first kappa shape index (κ1) is 19.2. The van der Waals surface area contributed by atoms with Gasteiger partial charge in [0.15, 0.2) is 5.12 Å². The second kappa shape index (κ2) is 8.39. The molecule has 0 unspecified atom stereocenters. The highest BCUT2D eigenvalue weighted by Gasteiger charge is 2.10. The molecule has 1 heterocycles. The normalized spacial score (nSPS) is 10.9. The van der Waals surface area contributed by atoms with Gasteiger partial charge in [-0.2, -0.15) is 5.10 Å². The maximum absolute atomic E-state index is 11.4. The summed E-state index contributed by atoms with van der Waals surface area (Å²) in [4.78, 5) is 22.6. The monoisotopic (exact) mass is 382 g/mol. The van der Waals surface area contributed by atoms with Crippen LogP contribution < -0.4 is 4.74 Å². The van der Waals surface area contributed by atoms with E-state index in [2.05, 4.69) is 11.2 Å². The molecule has 1 aromatic heterocycles. The number of carbonyl (C=O) groups excluding carboxylic acids is 2. The van der Waals surface area contributed by atoms with Crippen LogP contribution in [0.4, 0.5) is 0 Å². The topological polar surface area (TPSA) is 61.2 Å². The first-order chi connectivity index (χ1) is 12.9. The lowest BCUT2D eigenvalue weighted by Gasteiger charge is -2.10. The van der Waals surface area contributed by atoms with E-state index in [4.69, 9.17) is 4.74 Å². The molecular formula is C21H22N2O3S. The molecule has 5 nitrogen and oxygen atoms in total. The lowest BCUT2D eigenvalue weighted by Crippen LogP contribution is -2.04. The summed E-state index contributed by atoms with van der Waals surface area (Å²) in [6.45, 7) is 2.98. The van der Waals surface area contributed by atoms with Crippen LogP contribution in [0.15, 0.2) is 42.5 Å². The first-order valence-corrected chi connectivity index (χ1v) is 9.76. The van der Waals surface area contributed by atoms with Crippen molar-refractivity contribution in [1.82, 2.24) is 9.78 Å². The Labute approximate surface area is 162 Å². The number of aryl methyl sites for hydroxylation is 3. The second-order valence-electron chi connectivity index (χ2n) is 6.44. The minimum absolute atomic E-state index is 0.0939. The molecule has 0 aliphatic heterocycles. The standard InChI is InChI=1S/C21H22N2O3S/c1-14(24)26-21-11-16(10-17-6-4-5-7-20(17)21)8-9-19-12-18(22-23(19)3)13-27-15(2)25/h4-7,10-12H,8-9,13H2,1-3H3. The van der Waals surface area contributed by atoms with E-state index < -0.39 is 0 Å². The third kappa shape index (κ3) is 4.98. The Morgan fingerprint density at radius 1 is 1.11 bits per heavy atom. The van der Waals surface area contributed by atoms with Gasteiger partial charge in [0.25, 0.3) is 0 Å². The van der Waals surface area contributed by atoms with Crippen molar-refractivity contribution < 1.29 is 14.3 Å². The zero-order chi connectivity index (χ0) is 19.4. The largest absolute Gasteiger partial charge is 0.426 e. The van der Waals surface area contributed by atoms with Crippen molar-refractivity contribution in [3.05, 3.63) is 59.4 Å². The molecule has 27 heavy (non-hydrogen) atoms. The van der Waals surface area contributed by atoms with Gasteiger partial charge in [0.2, 0.25) is 0 Å². The summed E-state index contributed by atoms with van der Waals surface area (Å²) in [5, 5.41) is 6.55. The number of ether oxygens (including phenoxy) is 1. The van der Waals surface area contributed by atoms with Gasteiger partial charge in [-0.25, -0.2) is 0 Å². The van der Waals surface area contributed by atoms with Crippen LogP contribution in [-0.4, -0.2) is 20.9 Å². The molecule has 140 valence electrons. The van der Waals surface area contributed by atoms with E-state index >= 15 is 0 Å². The number of benzene rings is 2. The third-order valence-corrected chi connectivity index (χ3v) is 5.10. The molecule has 0 saturated carbocycles. The number of aromatic nitrogens is 2. The Morgan fingerprint density at radius 3 is 2.63 bits per heavy atom. The highest BCUT2D eigenvalue weighted by molar-refractivity contribution is 8.12. The molecule has 3 aromatic rings. The van der Waals surface area contributed by atoms with Gasteiger partial charge in [-0.1, -0.05) is 42.1 Å². The Kier molecular flexibility index (Phi) is 5.96. The van der Waals surface area contributed by atoms with Crippen molar-refractivity contribution in [3.63, 3.8) is 0 Å². The lowest BCUT2D eigenvalue weighted by atomic mass is 10.0. The maximum atomic E-state index is 11.4. The molecule has 0 N–H and O–H groups in total. The van der Waals surface area contributed by atoms with E-state index in [1.54, 1.807) is 6.92 Å². The van der Waals surface area contributed by atoms with Gasteiger partial charge in [-0.15, -0.1) is 0 Å². The quantitative estimate of drug-likeness (QED) is 0.475.